The minimum atomic E-state index is -0.281. The number of hydrogen-bond acceptors (Lipinski definition) is 5. The van der Waals surface area contributed by atoms with E-state index < -0.39 is 0 Å². The van der Waals surface area contributed by atoms with Crippen LogP contribution in [0.1, 0.15) is 31.2 Å². The molecule has 1 aromatic heterocycles. The smallest absolute Gasteiger partial charge is 0.241 e. The van der Waals surface area contributed by atoms with Gasteiger partial charge in [-0.2, -0.15) is 4.98 Å². The quantitative estimate of drug-likeness (QED) is 0.901. The normalized spacial score (nSPS) is 16.1. The molecule has 1 saturated heterocycles. The fraction of sp³-hybridized carbons (Fsp3) is 0.500. The number of likely N-dealkylation sites (tertiary alicyclic amines) is 1. The minimum Gasteiger partial charge on any atom is -0.356 e. The monoisotopic (exact) mass is 346 g/mol. The lowest BCUT2D eigenvalue weighted by Gasteiger charge is -2.30. The van der Waals surface area contributed by atoms with Gasteiger partial charge in [0.1, 0.15) is 5.82 Å². The topological polar surface area (TPSA) is 71.3 Å². The predicted molar refractivity (Wildman–Crippen MR) is 91.1 cm³/mol. The molecule has 1 fully saturated rings. The molecule has 25 heavy (non-hydrogen) atoms. The number of amides is 1. The molecule has 2 aromatic rings. The van der Waals surface area contributed by atoms with E-state index in [1.54, 1.807) is 19.1 Å². The first kappa shape index (κ1) is 17.5. The van der Waals surface area contributed by atoms with Crippen LogP contribution in [0, 0.1) is 18.7 Å². The number of carbonyl (C=O) groups excluding carboxylic acids is 1. The number of carbonyl (C=O) groups is 1. The van der Waals surface area contributed by atoms with E-state index in [-0.39, 0.29) is 17.6 Å². The first-order valence-corrected chi connectivity index (χ1v) is 8.66. The first-order valence-electron chi connectivity index (χ1n) is 8.66. The van der Waals surface area contributed by atoms with Gasteiger partial charge in [0.2, 0.25) is 17.6 Å². The Labute approximate surface area is 146 Å². The Morgan fingerprint density at radius 3 is 2.84 bits per heavy atom. The first-order chi connectivity index (χ1) is 12.1. The highest BCUT2D eigenvalue weighted by Gasteiger charge is 2.25. The molecule has 7 heteroatoms. The van der Waals surface area contributed by atoms with Crippen molar-refractivity contribution in [3.05, 3.63) is 35.5 Å². The average molecular weight is 346 g/mol. The number of aromatic nitrogens is 2. The van der Waals surface area contributed by atoms with Crippen LogP contribution in [0.4, 0.5) is 4.39 Å². The summed E-state index contributed by atoms with van der Waals surface area (Å²) >= 11 is 0. The number of piperidine rings is 1. The van der Waals surface area contributed by atoms with E-state index in [0.29, 0.717) is 35.9 Å². The number of aryl methyl sites for hydroxylation is 1. The van der Waals surface area contributed by atoms with Crippen molar-refractivity contribution in [2.45, 2.75) is 33.2 Å². The number of nitrogens with zero attached hydrogens (tertiary/aromatic N) is 3. The molecule has 0 saturated carbocycles. The van der Waals surface area contributed by atoms with Crippen molar-refractivity contribution in [1.29, 1.82) is 0 Å². The average Bonchev–Trinajstić information content (AvgIpc) is 3.07. The van der Waals surface area contributed by atoms with Crippen LogP contribution in [-0.4, -0.2) is 40.6 Å². The Bertz CT molecular complexity index is 738. The summed E-state index contributed by atoms with van der Waals surface area (Å²) in [5.41, 5.74) is 1.19. The Balaban J connectivity index is 1.57. The van der Waals surface area contributed by atoms with E-state index in [2.05, 4.69) is 20.4 Å². The largest absolute Gasteiger partial charge is 0.356 e. The van der Waals surface area contributed by atoms with Gasteiger partial charge in [-0.3, -0.25) is 9.69 Å². The van der Waals surface area contributed by atoms with E-state index in [4.69, 9.17) is 4.52 Å². The molecule has 1 aliphatic heterocycles. The van der Waals surface area contributed by atoms with Crippen LogP contribution in [0.15, 0.2) is 22.7 Å². The van der Waals surface area contributed by atoms with Gasteiger partial charge >= 0.3 is 0 Å². The van der Waals surface area contributed by atoms with E-state index >= 15 is 0 Å². The Kier molecular flexibility index (Phi) is 5.43. The number of hydrogen-bond donors (Lipinski definition) is 1. The summed E-state index contributed by atoms with van der Waals surface area (Å²) in [6.07, 6.45) is 1.66. The van der Waals surface area contributed by atoms with Crippen molar-refractivity contribution in [3.63, 3.8) is 0 Å². The maximum atomic E-state index is 13.7. The highest BCUT2D eigenvalue weighted by atomic mass is 19.1. The zero-order valence-electron chi connectivity index (χ0n) is 14.6. The van der Waals surface area contributed by atoms with Gasteiger partial charge in [0.05, 0.1) is 6.54 Å². The Morgan fingerprint density at radius 2 is 2.16 bits per heavy atom. The predicted octanol–water partition coefficient (Wildman–Crippen LogP) is 2.53. The van der Waals surface area contributed by atoms with Crippen LogP contribution in [0.25, 0.3) is 11.4 Å². The standard InChI is InChI=1S/C18H23FN4O2/c1-3-20-18(24)13-6-8-23(9-7-13)11-16-21-17(22-25-16)14-5-4-12(2)15(19)10-14/h4-5,10,13H,3,6-9,11H2,1-2H3,(H,20,24). The third kappa shape index (κ3) is 4.22. The van der Waals surface area contributed by atoms with Crippen LogP contribution in [-0.2, 0) is 11.3 Å². The summed E-state index contributed by atoms with van der Waals surface area (Å²) in [6.45, 7) is 6.50. The van der Waals surface area contributed by atoms with Crippen molar-refractivity contribution >= 4 is 5.91 Å². The lowest BCUT2D eigenvalue weighted by atomic mass is 9.96. The highest BCUT2D eigenvalue weighted by molar-refractivity contribution is 5.78. The van der Waals surface area contributed by atoms with Gasteiger partial charge in [-0.15, -0.1) is 0 Å². The number of rotatable bonds is 5. The lowest BCUT2D eigenvalue weighted by Crippen LogP contribution is -2.40. The summed E-state index contributed by atoms with van der Waals surface area (Å²) in [6, 6.07) is 4.90. The van der Waals surface area contributed by atoms with Crippen LogP contribution in [0.5, 0.6) is 0 Å². The third-order valence-electron chi connectivity index (χ3n) is 4.57. The molecule has 1 aliphatic rings. The van der Waals surface area contributed by atoms with Crippen molar-refractivity contribution < 1.29 is 13.7 Å². The second kappa shape index (κ2) is 7.74. The van der Waals surface area contributed by atoms with Crippen molar-refractivity contribution in [2.24, 2.45) is 5.92 Å². The molecule has 0 spiro atoms. The SMILES string of the molecule is CCNC(=O)C1CCN(Cc2nc(-c3ccc(C)c(F)c3)no2)CC1. The number of halogens is 1. The molecule has 1 N–H and O–H groups in total. The molecule has 1 aromatic carbocycles. The molecule has 0 atom stereocenters. The fourth-order valence-corrected chi connectivity index (χ4v) is 3.03. The van der Waals surface area contributed by atoms with Gasteiger partial charge in [0.25, 0.3) is 0 Å². The maximum Gasteiger partial charge on any atom is 0.241 e. The molecule has 2 heterocycles. The molecule has 0 unspecified atom stereocenters. The summed E-state index contributed by atoms with van der Waals surface area (Å²) in [7, 11) is 0. The maximum absolute atomic E-state index is 13.7. The van der Waals surface area contributed by atoms with Crippen LogP contribution in [0.2, 0.25) is 0 Å². The second-order valence-electron chi connectivity index (χ2n) is 6.42. The molecular formula is C18H23FN4O2. The van der Waals surface area contributed by atoms with Crippen molar-refractivity contribution in [2.75, 3.05) is 19.6 Å². The van der Waals surface area contributed by atoms with Gasteiger partial charge in [-0.05, 0) is 51.4 Å². The summed E-state index contributed by atoms with van der Waals surface area (Å²) in [4.78, 5) is 18.4. The number of benzene rings is 1. The van der Waals surface area contributed by atoms with E-state index in [1.807, 2.05) is 6.92 Å². The van der Waals surface area contributed by atoms with Crippen molar-refractivity contribution in [3.8, 4) is 11.4 Å². The molecule has 3 rings (SSSR count). The fourth-order valence-electron chi connectivity index (χ4n) is 3.03. The lowest BCUT2D eigenvalue weighted by molar-refractivity contribution is -0.126. The molecule has 0 bridgehead atoms. The summed E-state index contributed by atoms with van der Waals surface area (Å²) in [5, 5.41) is 6.83. The zero-order valence-corrected chi connectivity index (χ0v) is 14.6. The van der Waals surface area contributed by atoms with Gasteiger partial charge in [-0.25, -0.2) is 4.39 Å². The molecule has 0 aliphatic carbocycles. The third-order valence-corrected chi connectivity index (χ3v) is 4.57. The highest BCUT2D eigenvalue weighted by Crippen LogP contribution is 2.21. The van der Waals surface area contributed by atoms with Crippen LogP contribution in [0.3, 0.4) is 0 Å². The molecule has 134 valence electrons. The van der Waals surface area contributed by atoms with Gasteiger partial charge in [0.15, 0.2) is 0 Å². The number of nitrogens with one attached hydrogen (secondary N) is 1. The molecule has 0 radical (unpaired) electrons. The Morgan fingerprint density at radius 1 is 1.40 bits per heavy atom. The van der Waals surface area contributed by atoms with E-state index in [9.17, 15) is 9.18 Å². The van der Waals surface area contributed by atoms with Crippen molar-refractivity contribution in [1.82, 2.24) is 20.4 Å². The summed E-state index contributed by atoms with van der Waals surface area (Å²) in [5.74, 6) is 0.850. The zero-order chi connectivity index (χ0) is 17.8. The second-order valence-corrected chi connectivity index (χ2v) is 6.42. The van der Waals surface area contributed by atoms with E-state index in [1.165, 1.54) is 6.07 Å². The van der Waals surface area contributed by atoms with Crippen LogP contribution >= 0.6 is 0 Å². The van der Waals surface area contributed by atoms with Crippen LogP contribution < -0.4 is 5.32 Å². The summed E-state index contributed by atoms with van der Waals surface area (Å²) < 4.78 is 19.0. The molecule has 6 nitrogen and oxygen atoms in total. The molecule has 1 amide bonds. The minimum absolute atomic E-state index is 0.0879. The Hall–Kier alpha value is -2.28. The van der Waals surface area contributed by atoms with Gasteiger partial charge in [-0.1, -0.05) is 17.3 Å². The molecular weight excluding hydrogens is 323 g/mol. The van der Waals surface area contributed by atoms with Gasteiger partial charge in [0, 0.05) is 18.0 Å². The van der Waals surface area contributed by atoms with Gasteiger partial charge < -0.3 is 9.84 Å². The van der Waals surface area contributed by atoms with E-state index in [0.717, 1.165) is 25.9 Å².